The lowest BCUT2D eigenvalue weighted by Crippen LogP contribution is -2.30. The molecule has 0 aliphatic heterocycles. The van der Waals surface area contributed by atoms with Crippen LogP contribution in [0, 0.1) is 11.3 Å². The number of para-hydroxylation sites is 1. The van der Waals surface area contributed by atoms with Crippen LogP contribution in [-0.2, 0) is 6.42 Å². The summed E-state index contributed by atoms with van der Waals surface area (Å²) in [7, 11) is 0. The van der Waals surface area contributed by atoms with Crippen molar-refractivity contribution in [2.45, 2.75) is 59.8 Å². The van der Waals surface area contributed by atoms with Crippen LogP contribution in [-0.4, -0.2) is 16.1 Å². The van der Waals surface area contributed by atoms with Gasteiger partial charge in [0.05, 0.1) is 16.8 Å². The molecule has 0 amide bonds. The molecule has 166 valence electrons. The van der Waals surface area contributed by atoms with Crippen LogP contribution in [0.1, 0.15) is 86.1 Å². The van der Waals surface area contributed by atoms with E-state index in [1.54, 1.807) is 0 Å². The normalized spacial score (nSPS) is 17.7. The van der Waals surface area contributed by atoms with E-state index in [1.807, 2.05) is 24.3 Å². The topological polar surface area (TPSA) is 50.2 Å². The number of benzene rings is 2. The molecule has 3 heteroatoms. The van der Waals surface area contributed by atoms with Gasteiger partial charge in [-0.05, 0) is 64.5 Å². The van der Waals surface area contributed by atoms with Crippen LogP contribution in [0.15, 0.2) is 48.5 Å². The molecule has 0 fully saturated rings. The number of pyridine rings is 1. The highest BCUT2D eigenvalue weighted by atomic mass is 16.4. The van der Waals surface area contributed by atoms with Crippen LogP contribution in [0.25, 0.3) is 22.6 Å². The Kier molecular flexibility index (Phi) is 5.94. The number of allylic oxidation sites excluding steroid dienone is 1. The van der Waals surface area contributed by atoms with Gasteiger partial charge in [0.25, 0.3) is 0 Å². The van der Waals surface area contributed by atoms with Gasteiger partial charge in [-0.1, -0.05) is 83.5 Å². The highest BCUT2D eigenvalue weighted by molar-refractivity contribution is 6.06. The minimum atomic E-state index is -0.865. The van der Waals surface area contributed by atoms with Crippen molar-refractivity contribution in [1.29, 1.82) is 0 Å². The molecule has 0 spiro atoms. The predicted molar refractivity (Wildman–Crippen MR) is 133 cm³/mol. The van der Waals surface area contributed by atoms with E-state index in [-0.39, 0.29) is 5.41 Å². The fourth-order valence-corrected chi connectivity index (χ4v) is 4.79. The summed E-state index contributed by atoms with van der Waals surface area (Å²) in [6.07, 6.45) is 4.92. The van der Waals surface area contributed by atoms with Crippen molar-refractivity contribution in [2.75, 3.05) is 0 Å². The van der Waals surface area contributed by atoms with E-state index in [2.05, 4.69) is 65.0 Å². The fraction of sp³-hybridized carbons (Fsp3) is 0.379. The van der Waals surface area contributed by atoms with Crippen molar-refractivity contribution in [1.82, 2.24) is 4.98 Å². The number of carboxylic acid groups (broad SMARTS) is 1. The Hall–Kier alpha value is -2.94. The van der Waals surface area contributed by atoms with E-state index >= 15 is 0 Å². The molecule has 4 rings (SSSR count). The third kappa shape index (κ3) is 4.09. The molecule has 1 aliphatic rings. The summed E-state index contributed by atoms with van der Waals surface area (Å²) >= 11 is 0. The summed E-state index contributed by atoms with van der Waals surface area (Å²) in [5.74, 6) is -0.00862. The first-order chi connectivity index (χ1) is 15.2. The van der Waals surface area contributed by atoms with Gasteiger partial charge in [-0.2, -0.15) is 0 Å². The fourth-order valence-electron chi connectivity index (χ4n) is 4.79. The number of aromatic carboxylic acids is 1. The third-order valence-electron chi connectivity index (χ3n) is 7.39. The highest BCUT2D eigenvalue weighted by Crippen LogP contribution is 2.46. The second kappa shape index (κ2) is 8.54. The maximum Gasteiger partial charge on any atom is 0.336 e. The molecule has 1 N–H and O–H groups in total. The molecule has 1 atom stereocenters. The molecule has 32 heavy (non-hydrogen) atoms. The molecule has 0 bridgehead atoms. The number of aromatic nitrogens is 1. The Morgan fingerprint density at radius 1 is 1.12 bits per heavy atom. The number of carboxylic acids is 1. The average molecular weight is 428 g/mol. The smallest absolute Gasteiger partial charge is 0.336 e. The zero-order chi connectivity index (χ0) is 23.0. The minimum absolute atomic E-state index is 0.111. The van der Waals surface area contributed by atoms with E-state index in [0.29, 0.717) is 17.4 Å². The number of nitrogens with zero attached hydrogens (tertiary/aromatic N) is 1. The molecule has 0 saturated heterocycles. The van der Waals surface area contributed by atoms with Gasteiger partial charge in [0.15, 0.2) is 0 Å². The van der Waals surface area contributed by atoms with Crippen LogP contribution in [0.5, 0.6) is 0 Å². The Bertz CT molecular complexity index is 1190. The van der Waals surface area contributed by atoms with Gasteiger partial charge in [0, 0.05) is 5.39 Å². The van der Waals surface area contributed by atoms with Gasteiger partial charge in [0.2, 0.25) is 0 Å². The standard InChI is InChI=1S/C29H33NO2/c1-6-29(4,5)22-16-21(15-19-11-13-20(14-12-19)18(2)3)27-24(17-22)26(28(31)32)23-9-7-8-10-25(23)30-27/h7-15,18,22H,6,16-17H2,1-5H3,(H,31,32)/b21-15+/t22-/m0/s1. The van der Waals surface area contributed by atoms with Gasteiger partial charge < -0.3 is 5.11 Å². The minimum Gasteiger partial charge on any atom is -0.478 e. The van der Waals surface area contributed by atoms with Crippen LogP contribution < -0.4 is 0 Å². The van der Waals surface area contributed by atoms with E-state index in [9.17, 15) is 9.90 Å². The Morgan fingerprint density at radius 2 is 1.81 bits per heavy atom. The van der Waals surface area contributed by atoms with Crippen molar-refractivity contribution >= 4 is 28.5 Å². The Morgan fingerprint density at radius 3 is 2.44 bits per heavy atom. The SMILES string of the molecule is CCC(C)(C)[C@H]1C/C(=C\c2ccc(C(C)C)cc2)c2nc3ccccc3c(C(=O)O)c2C1. The summed E-state index contributed by atoms with van der Waals surface area (Å²) < 4.78 is 0. The molecule has 3 aromatic rings. The van der Waals surface area contributed by atoms with E-state index in [1.165, 1.54) is 5.56 Å². The summed E-state index contributed by atoms with van der Waals surface area (Å²) in [5, 5.41) is 10.9. The van der Waals surface area contributed by atoms with Crippen LogP contribution in [0.3, 0.4) is 0 Å². The molecule has 3 nitrogen and oxygen atoms in total. The predicted octanol–water partition coefficient (Wildman–Crippen LogP) is 7.60. The summed E-state index contributed by atoms with van der Waals surface area (Å²) in [6, 6.07) is 16.3. The van der Waals surface area contributed by atoms with E-state index in [0.717, 1.165) is 52.6 Å². The van der Waals surface area contributed by atoms with Crippen molar-refractivity contribution in [2.24, 2.45) is 11.3 Å². The molecule has 1 aliphatic carbocycles. The number of carbonyl (C=O) groups is 1. The summed E-state index contributed by atoms with van der Waals surface area (Å²) in [5.41, 5.74) is 6.62. The largest absolute Gasteiger partial charge is 0.478 e. The Balaban J connectivity index is 1.93. The molecule has 0 radical (unpaired) electrons. The Labute approximate surface area is 191 Å². The van der Waals surface area contributed by atoms with Gasteiger partial charge >= 0.3 is 5.97 Å². The van der Waals surface area contributed by atoms with Crippen LogP contribution >= 0.6 is 0 Å². The lowest BCUT2D eigenvalue weighted by atomic mass is 9.67. The first-order valence-electron chi connectivity index (χ1n) is 11.7. The second-order valence-electron chi connectivity index (χ2n) is 10.1. The lowest BCUT2D eigenvalue weighted by Gasteiger charge is -2.38. The summed E-state index contributed by atoms with van der Waals surface area (Å²) in [4.78, 5) is 17.4. The first kappa shape index (κ1) is 22.3. The summed E-state index contributed by atoms with van der Waals surface area (Å²) in [6.45, 7) is 11.2. The number of hydrogen-bond acceptors (Lipinski definition) is 2. The zero-order valence-electron chi connectivity index (χ0n) is 19.8. The molecule has 0 saturated carbocycles. The van der Waals surface area contributed by atoms with Gasteiger partial charge in [-0.25, -0.2) is 9.78 Å². The van der Waals surface area contributed by atoms with Crippen molar-refractivity contribution in [3.05, 3.63) is 76.5 Å². The molecular weight excluding hydrogens is 394 g/mol. The van der Waals surface area contributed by atoms with E-state index < -0.39 is 5.97 Å². The van der Waals surface area contributed by atoms with Crippen LogP contribution in [0.2, 0.25) is 0 Å². The second-order valence-corrected chi connectivity index (χ2v) is 10.1. The lowest BCUT2D eigenvalue weighted by molar-refractivity contribution is 0.0696. The molecular formula is C29H33NO2. The molecule has 1 heterocycles. The first-order valence-corrected chi connectivity index (χ1v) is 11.7. The molecule has 2 aromatic carbocycles. The van der Waals surface area contributed by atoms with E-state index in [4.69, 9.17) is 4.98 Å². The molecule has 0 unspecified atom stereocenters. The zero-order valence-corrected chi connectivity index (χ0v) is 19.8. The number of rotatable bonds is 5. The van der Waals surface area contributed by atoms with Crippen molar-refractivity contribution in [3.63, 3.8) is 0 Å². The van der Waals surface area contributed by atoms with Gasteiger partial charge in [-0.3, -0.25) is 0 Å². The van der Waals surface area contributed by atoms with Crippen LogP contribution in [0.4, 0.5) is 0 Å². The number of hydrogen-bond donors (Lipinski definition) is 1. The van der Waals surface area contributed by atoms with Crippen molar-refractivity contribution in [3.8, 4) is 0 Å². The number of fused-ring (bicyclic) bond motifs is 2. The maximum atomic E-state index is 12.4. The van der Waals surface area contributed by atoms with Crippen molar-refractivity contribution < 1.29 is 9.90 Å². The van der Waals surface area contributed by atoms with Gasteiger partial charge in [-0.15, -0.1) is 0 Å². The maximum absolute atomic E-state index is 12.4. The highest BCUT2D eigenvalue weighted by Gasteiger charge is 2.36. The quantitative estimate of drug-likeness (QED) is 0.456. The van der Waals surface area contributed by atoms with Gasteiger partial charge in [0.1, 0.15) is 0 Å². The monoisotopic (exact) mass is 427 g/mol. The third-order valence-corrected chi connectivity index (χ3v) is 7.39. The molecule has 1 aromatic heterocycles. The average Bonchev–Trinajstić information content (AvgIpc) is 2.77.